The van der Waals surface area contributed by atoms with E-state index in [1.807, 2.05) is 6.92 Å². The largest absolute Gasteiger partial charge is 0.507 e. The first-order valence-electron chi connectivity index (χ1n) is 17.4. The van der Waals surface area contributed by atoms with E-state index in [1.165, 1.54) is 4.90 Å². The maximum Gasteiger partial charge on any atom is 0.425 e. The summed E-state index contributed by atoms with van der Waals surface area (Å²) < 4.78 is 81.9. The molecule has 2 fully saturated rings. The molecule has 298 valence electrons. The van der Waals surface area contributed by atoms with E-state index in [1.54, 1.807) is 36.1 Å². The number of carbonyl (C=O) groups excluding carboxylic acids is 2. The number of rotatable bonds is 12. The van der Waals surface area contributed by atoms with Gasteiger partial charge < -0.3 is 35.3 Å². The lowest BCUT2D eigenvalue weighted by atomic mass is 9.81. The van der Waals surface area contributed by atoms with Crippen LogP contribution in [0, 0.1) is 11.3 Å². The van der Waals surface area contributed by atoms with Gasteiger partial charge >= 0.3 is 18.3 Å². The Labute approximate surface area is 313 Å². The van der Waals surface area contributed by atoms with Gasteiger partial charge in [-0.05, 0) is 57.6 Å². The van der Waals surface area contributed by atoms with Gasteiger partial charge in [-0.1, -0.05) is 38.1 Å². The summed E-state index contributed by atoms with van der Waals surface area (Å²) in [6, 6.07) is 7.11. The average molecular weight is 790 g/mol. The predicted octanol–water partition coefficient (Wildman–Crippen LogP) is 7.70. The van der Waals surface area contributed by atoms with Crippen LogP contribution in [0.1, 0.15) is 75.7 Å². The highest BCUT2D eigenvalue weighted by Gasteiger charge is 2.45. The highest BCUT2D eigenvalue weighted by atomic mass is 32.1. The normalized spacial score (nSPS) is 19.6. The molecular weight excluding hydrogens is 744 g/mol. The van der Waals surface area contributed by atoms with E-state index in [-0.39, 0.29) is 50.6 Å². The van der Waals surface area contributed by atoms with Gasteiger partial charge in [0, 0.05) is 60.9 Å². The van der Waals surface area contributed by atoms with Crippen molar-refractivity contribution in [2.24, 2.45) is 5.92 Å². The molecule has 0 bridgehead atoms. The fourth-order valence-corrected chi connectivity index (χ4v) is 7.26. The van der Waals surface area contributed by atoms with E-state index in [0.717, 1.165) is 5.38 Å². The third-order valence-electron chi connectivity index (χ3n) is 9.33. The molecule has 2 aliphatic rings. The van der Waals surface area contributed by atoms with Crippen LogP contribution in [-0.2, 0) is 26.2 Å². The highest BCUT2D eigenvalue weighted by molar-refractivity contribution is 7.10. The molecule has 0 spiro atoms. The fraction of sp³-hybridized carbons (Fsp3) is 0.514. The fourth-order valence-electron chi connectivity index (χ4n) is 6.62. The summed E-state index contributed by atoms with van der Waals surface area (Å²) in [5, 5.41) is 37.3. The van der Waals surface area contributed by atoms with E-state index >= 15 is 0 Å². The number of halogens is 6. The quantitative estimate of drug-likeness (QED) is 0.0745. The highest BCUT2D eigenvalue weighted by Crippen LogP contribution is 2.41. The Balaban J connectivity index is 0.000000676. The Morgan fingerprint density at radius 1 is 1.13 bits per heavy atom. The van der Waals surface area contributed by atoms with Crippen LogP contribution >= 0.6 is 11.3 Å². The molecule has 1 aromatic carbocycles. The van der Waals surface area contributed by atoms with Crippen LogP contribution in [0.5, 0.6) is 11.5 Å². The van der Waals surface area contributed by atoms with E-state index in [4.69, 9.17) is 20.4 Å². The van der Waals surface area contributed by atoms with Gasteiger partial charge in [-0.15, -0.1) is 11.3 Å². The molecule has 0 saturated carbocycles. The van der Waals surface area contributed by atoms with Crippen molar-refractivity contribution < 1.29 is 60.8 Å². The van der Waals surface area contributed by atoms with E-state index < -0.39 is 63.9 Å². The second-order valence-electron chi connectivity index (χ2n) is 13.2. The standard InChI is InChI=1S/C32H42F3N3O6.C5H3F3OS/c1-4-8-26-23(9-7-18-38(26)29(41)22(3)24(14-17-36)32(33,34)35)30(42)37-19-15-31(43,16-20-37)25-10-5-6-11-27(25)44-21(2)12-13-28(39)40;6-5(7,8)4-1-3(9)2-10-4/h5-6,10-11,14,17,21,23,26,36,43H,3-4,7-9,12-13,15-16,18-20H2,1-2H3,(H,39,40);1-2,9H/b24-14+,36-17?;. The SMILES string of the molecule is C=C(C(=O)N1CCCC(C(=O)N2CCC(O)(c3ccccc3OC(C)CCC(=O)O)CC2)C1CCC)/C(=C\C=N)C(F)(F)F.Oc1csc(C(F)(F)F)c1. The van der Waals surface area contributed by atoms with Crippen LogP contribution in [0.3, 0.4) is 0 Å². The lowest BCUT2D eigenvalue weighted by molar-refractivity contribution is -0.148. The number of piperidine rings is 2. The number of ether oxygens (including phenoxy) is 1. The molecule has 0 aliphatic carbocycles. The topological polar surface area (TPSA) is 151 Å². The first-order chi connectivity index (χ1) is 25.2. The van der Waals surface area contributed by atoms with Crippen LogP contribution < -0.4 is 4.74 Å². The van der Waals surface area contributed by atoms with Gasteiger partial charge in [0.15, 0.2) is 0 Å². The molecule has 3 heterocycles. The van der Waals surface area contributed by atoms with Crippen LogP contribution in [0.4, 0.5) is 26.3 Å². The Hall–Kier alpha value is -4.38. The number of alkyl halides is 6. The van der Waals surface area contributed by atoms with E-state index in [2.05, 4.69) is 6.58 Å². The maximum atomic E-state index is 13.8. The lowest BCUT2D eigenvalue weighted by Crippen LogP contribution is -2.55. The Kier molecular flexibility index (Phi) is 15.3. The van der Waals surface area contributed by atoms with Crippen molar-refractivity contribution in [2.45, 2.75) is 95.3 Å². The zero-order valence-corrected chi connectivity index (χ0v) is 30.7. The molecular formula is C37H45F6N3O7S. The average Bonchev–Trinajstić information content (AvgIpc) is 3.56. The maximum absolute atomic E-state index is 13.8. The minimum atomic E-state index is -4.86. The second-order valence-corrected chi connectivity index (χ2v) is 14.1. The van der Waals surface area contributed by atoms with Gasteiger partial charge in [0.05, 0.1) is 23.2 Å². The number of benzene rings is 1. The summed E-state index contributed by atoms with van der Waals surface area (Å²) in [4.78, 5) is 40.3. The number of aliphatic hydroxyl groups is 1. The molecule has 2 aliphatic heterocycles. The molecule has 4 rings (SSSR count). The van der Waals surface area contributed by atoms with Gasteiger partial charge in [-0.3, -0.25) is 14.4 Å². The smallest absolute Gasteiger partial charge is 0.425 e. The van der Waals surface area contributed by atoms with E-state index in [0.29, 0.717) is 73.1 Å². The summed E-state index contributed by atoms with van der Waals surface area (Å²) in [6.07, 6.45) is -5.97. The minimum Gasteiger partial charge on any atom is -0.507 e. The molecule has 2 aromatic rings. The zero-order valence-electron chi connectivity index (χ0n) is 29.9. The number of thiophene rings is 1. The number of carbonyl (C=O) groups is 3. The number of likely N-dealkylation sites (tertiary alicyclic amines) is 2. The molecule has 4 N–H and O–H groups in total. The van der Waals surface area contributed by atoms with Gasteiger partial charge in [0.1, 0.15) is 16.4 Å². The molecule has 2 amide bonds. The second kappa shape index (κ2) is 18.8. The zero-order chi connectivity index (χ0) is 40.4. The Morgan fingerprint density at radius 2 is 1.78 bits per heavy atom. The van der Waals surface area contributed by atoms with Crippen LogP contribution in [-0.4, -0.2) is 87.1 Å². The third kappa shape index (κ3) is 11.6. The van der Waals surface area contributed by atoms with Crippen molar-refractivity contribution >= 4 is 35.3 Å². The number of aromatic hydroxyl groups is 1. The number of aliphatic carboxylic acids is 1. The van der Waals surface area contributed by atoms with Crippen LogP contribution in [0.2, 0.25) is 0 Å². The van der Waals surface area contributed by atoms with Crippen molar-refractivity contribution in [1.29, 1.82) is 5.41 Å². The number of nitrogens with zero attached hydrogens (tertiary/aromatic N) is 2. The summed E-state index contributed by atoms with van der Waals surface area (Å²) >= 11 is 0.481. The van der Waals surface area contributed by atoms with Crippen molar-refractivity contribution in [3.8, 4) is 11.5 Å². The third-order valence-corrected chi connectivity index (χ3v) is 10.3. The Morgan fingerprint density at radius 3 is 2.30 bits per heavy atom. The van der Waals surface area contributed by atoms with Gasteiger partial charge in [0.2, 0.25) is 5.91 Å². The molecule has 10 nitrogen and oxygen atoms in total. The molecule has 3 atom stereocenters. The van der Waals surface area contributed by atoms with Gasteiger partial charge in [-0.25, -0.2) is 0 Å². The summed E-state index contributed by atoms with van der Waals surface area (Å²) in [6.45, 7) is 7.72. The summed E-state index contributed by atoms with van der Waals surface area (Å²) in [7, 11) is 0. The number of para-hydroxylation sites is 1. The molecule has 17 heteroatoms. The molecule has 54 heavy (non-hydrogen) atoms. The van der Waals surface area contributed by atoms with E-state index in [9.17, 15) is 45.8 Å². The summed E-state index contributed by atoms with van der Waals surface area (Å²) in [5.74, 6) is -2.52. The number of hydrogen-bond acceptors (Lipinski definition) is 8. The number of nitrogens with one attached hydrogen (secondary N) is 1. The Bertz CT molecular complexity index is 1670. The predicted molar refractivity (Wildman–Crippen MR) is 189 cm³/mol. The minimum absolute atomic E-state index is 0.0496. The number of carboxylic acids is 1. The lowest BCUT2D eigenvalue weighted by Gasteiger charge is -2.45. The van der Waals surface area contributed by atoms with Crippen LogP contribution in [0.15, 0.2) is 59.5 Å². The number of amides is 2. The van der Waals surface area contributed by atoms with Crippen molar-refractivity contribution in [2.75, 3.05) is 19.6 Å². The monoisotopic (exact) mass is 789 g/mol. The summed E-state index contributed by atoms with van der Waals surface area (Å²) in [5.41, 5.74) is -2.76. The van der Waals surface area contributed by atoms with Crippen molar-refractivity contribution in [3.63, 3.8) is 0 Å². The van der Waals surface area contributed by atoms with Crippen LogP contribution in [0.25, 0.3) is 0 Å². The molecule has 1 aromatic heterocycles. The molecule has 2 saturated heterocycles. The first-order valence-corrected chi connectivity index (χ1v) is 18.2. The molecule has 3 unspecified atom stereocenters. The van der Waals surface area contributed by atoms with Gasteiger partial charge in [0.25, 0.3) is 5.91 Å². The number of hydrogen-bond donors (Lipinski definition) is 4. The number of allylic oxidation sites excluding steroid dienone is 1. The van der Waals surface area contributed by atoms with Crippen molar-refractivity contribution in [1.82, 2.24) is 9.80 Å². The molecule has 0 radical (unpaired) electrons. The van der Waals surface area contributed by atoms with Crippen molar-refractivity contribution in [3.05, 3.63) is 70.0 Å². The van der Waals surface area contributed by atoms with Gasteiger partial charge in [-0.2, -0.15) is 26.3 Å². The first kappa shape index (κ1) is 44.0. The number of carboxylic acid groups (broad SMARTS) is 1.